The number of rotatable bonds is 6. The summed E-state index contributed by atoms with van der Waals surface area (Å²) in [5.41, 5.74) is 1.81. The van der Waals surface area contributed by atoms with E-state index in [4.69, 9.17) is 4.74 Å². The molecule has 0 N–H and O–H groups in total. The highest BCUT2D eigenvalue weighted by molar-refractivity contribution is 6.21. The van der Waals surface area contributed by atoms with Gasteiger partial charge in [0.05, 0.1) is 17.7 Å². The summed E-state index contributed by atoms with van der Waals surface area (Å²) in [6.07, 6.45) is 0.398. The maximum atomic E-state index is 12.2. The summed E-state index contributed by atoms with van der Waals surface area (Å²) in [5, 5.41) is 0. The molecule has 0 fully saturated rings. The van der Waals surface area contributed by atoms with Crippen molar-refractivity contribution in [3.05, 3.63) is 65.2 Å². The Morgan fingerprint density at radius 1 is 0.958 bits per heavy atom. The largest absolute Gasteiger partial charge is 0.492 e. The van der Waals surface area contributed by atoms with Gasteiger partial charge < -0.3 is 4.74 Å². The molecule has 2 aromatic rings. The normalized spacial score (nSPS) is 13.1. The van der Waals surface area contributed by atoms with E-state index in [1.165, 1.54) is 4.90 Å². The fourth-order valence-electron chi connectivity index (χ4n) is 2.69. The predicted molar refractivity (Wildman–Crippen MR) is 88.1 cm³/mol. The van der Waals surface area contributed by atoms with Crippen LogP contribution in [0.3, 0.4) is 0 Å². The minimum atomic E-state index is -0.281. The molecule has 2 aromatic carbocycles. The van der Waals surface area contributed by atoms with Gasteiger partial charge in [0.1, 0.15) is 18.1 Å². The fraction of sp³-hybridized carbons (Fsp3) is 0.211. The van der Waals surface area contributed by atoms with Crippen LogP contribution in [0, 0.1) is 0 Å². The van der Waals surface area contributed by atoms with Crippen molar-refractivity contribution in [2.24, 2.45) is 0 Å². The van der Waals surface area contributed by atoms with Crippen molar-refractivity contribution in [2.75, 3.05) is 13.2 Å². The number of carbonyl (C=O) groups excluding carboxylic acids is 3. The van der Waals surface area contributed by atoms with E-state index in [2.05, 4.69) is 0 Å². The van der Waals surface area contributed by atoms with Gasteiger partial charge >= 0.3 is 0 Å². The molecule has 0 radical (unpaired) electrons. The molecule has 0 spiro atoms. The fourth-order valence-corrected chi connectivity index (χ4v) is 2.69. The first kappa shape index (κ1) is 15.9. The van der Waals surface area contributed by atoms with Crippen molar-refractivity contribution in [3.8, 4) is 5.75 Å². The Morgan fingerprint density at radius 2 is 1.54 bits per heavy atom. The number of hydrogen-bond donors (Lipinski definition) is 0. The third-order valence-electron chi connectivity index (χ3n) is 3.84. The first-order chi connectivity index (χ1) is 11.6. The zero-order valence-electron chi connectivity index (χ0n) is 13.3. The topological polar surface area (TPSA) is 63.7 Å². The summed E-state index contributed by atoms with van der Waals surface area (Å²) in [4.78, 5) is 36.7. The molecule has 5 nitrogen and oxygen atoms in total. The first-order valence-electron chi connectivity index (χ1n) is 7.72. The highest BCUT2D eigenvalue weighted by Crippen LogP contribution is 2.22. The van der Waals surface area contributed by atoms with Crippen LogP contribution in [0.15, 0.2) is 48.5 Å². The molecule has 24 heavy (non-hydrogen) atoms. The van der Waals surface area contributed by atoms with E-state index in [9.17, 15) is 14.4 Å². The van der Waals surface area contributed by atoms with E-state index >= 15 is 0 Å². The maximum absolute atomic E-state index is 12.2. The number of benzene rings is 2. The molecule has 1 aliphatic heterocycles. The number of ketones is 1. The van der Waals surface area contributed by atoms with Crippen LogP contribution < -0.4 is 4.74 Å². The van der Waals surface area contributed by atoms with E-state index in [0.717, 1.165) is 5.56 Å². The Bertz CT molecular complexity index is 760. The van der Waals surface area contributed by atoms with Gasteiger partial charge in [-0.2, -0.15) is 0 Å². The van der Waals surface area contributed by atoms with Crippen LogP contribution >= 0.6 is 0 Å². The molecule has 0 atom stereocenters. The van der Waals surface area contributed by atoms with Crippen molar-refractivity contribution in [1.82, 2.24) is 4.90 Å². The van der Waals surface area contributed by atoms with Crippen molar-refractivity contribution in [3.63, 3.8) is 0 Å². The molecule has 122 valence electrons. The van der Waals surface area contributed by atoms with Crippen LogP contribution in [-0.2, 0) is 11.2 Å². The lowest BCUT2D eigenvalue weighted by molar-refractivity contribution is -0.116. The molecule has 0 unspecified atom stereocenters. The van der Waals surface area contributed by atoms with Gasteiger partial charge in [0.25, 0.3) is 11.8 Å². The zero-order chi connectivity index (χ0) is 17.1. The third kappa shape index (κ3) is 3.20. The van der Waals surface area contributed by atoms with E-state index in [1.54, 1.807) is 43.3 Å². The Balaban J connectivity index is 1.57. The number of imide groups is 1. The number of nitrogens with zero attached hydrogens (tertiary/aromatic N) is 1. The Morgan fingerprint density at radius 3 is 2.08 bits per heavy atom. The van der Waals surface area contributed by atoms with Crippen LogP contribution in [0.1, 0.15) is 33.2 Å². The first-order valence-corrected chi connectivity index (χ1v) is 7.72. The van der Waals surface area contributed by atoms with Gasteiger partial charge in [-0.05, 0) is 36.8 Å². The highest BCUT2D eigenvalue weighted by Gasteiger charge is 2.34. The number of fused-ring (bicyclic) bond motifs is 1. The van der Waals surface area contributed by atoms with Gasteiger partial charge in [-0.1, -0.05) is 24.3 Å². The molecule has 3 rings (SSSR count). The molecule has 0 aliphatic carbocycles. The molecule has 5 heteroatoms. The van der Waals surface area contributed by atoms with Crippen molar-refractivity contribution >= 4 is 17.6 Å². The minimum absolute atomic E-state index is 0.106. The van der Waals surface area contributed by atoms with Gasteiger partial charge in [0.15, 0.2) is 0 Å². The zero-order valence-corrected chi connectivity index (χ0v) is 13.3. The molecule has 0 bridgehead atoms. The van der Waals surface area contributed by atoms with Crippen LogP contribution in [0.5, 0.6) is 5.75 Å². The molecule has 1 aliphatic rings. The molecule has 2 amide bonds. The third-order valence-corrected chi connectivity index (χ3v) is 3.84. The Labute approximate surface area is 139 Å². The number of Topliss-reactive ketones (excluding diaryl/α,β-unsaturated/α-hetero) is 1. The maximum Gasteiger partial charge on any atom is 0.261 e. The SMILES string of the molecule is CC(=O)Cc1ccc(OCCN2C(=O)c3ccccc3C2=O)cc1. The number of hydrogen-bond acceptors (Lipinski definition) is 4. The molecular weight excluding hydrogens is 306 g/mol. The van der Waals surface area contributed by atoms with Gasteiger partial charge in [0.2, 0.25) is 0 Å². The Kier molecular flexibility index (Phi) is 4.42. The molecule has 0 aromatic heterocycles. The highest BCUT2D eigenvalue weighted by atomic mass is 16.5. The monoisotopic (exact) mass is 323 g/mol. The van der Waals surface area contributed by atoms with Crippen molar-refractivity contribution in [1.29, 1.82) is 0 Å². The van der Waals surface area contributed by atoms with Gasteiger partial charge in [-0.15, -0.1) is 0 Å². The molecular formula is C19H17NO4. The van der Waals surface area contributed by atoms with Crippen molar-refractivity contribution in [2.45, 2.75) is 13.3 Å². The summed E-state index contributed by atoms with van der Waals surface area (Å²) in [6.45, 7) is 1.96. The summed E-state index contributed by atoms with van der Waals surface area (Å²) in [7, 11) is 0. The van der Waals surface area contributed by atoms with Gasteiger partial charge in [0, 0.05) is 6.42 Å². The molecule has 1 heterocycles. The second kappa shape index (κ2) is 6.66. The second-order valence-electron chi connectivity index (χ2n) is 5.68. The number of amides is 2. The molecule has 0 saturated heterocycles. The van der Waals surface area contributed by atoms with Gasteiger partial charge in [-0.25, -0.2) is 0 Å². The smallest absolute Gasteiger partial charge is 0.261 e. The lowest BCUT2D eigenvalue weighted by atomic mass is 10.1. The summed E-state index contributed by atoms with van der Waals surface area (Å²) >= 11 is 0. The summed E-state index contributed by atoms with van der Waals surface area (Å²) in [6, 6.07) is 14.0. The lowest BCUT2D eigenvalue weighted by Crippen LogP contribution is -2.33. The van der Waals surface area contributed by atoms with E-state index < -0.39 is 0 Å². The van der Waals surface area contributed by atoms with Crippen LogP contribution in [0.2, 0.25) is 0 Å². The quantitative estimate of drug-likeness (QED) is 0.766. The lowest BCUT2D eigenvalue weighted by Gasteiger charge is -2.14. The van der Waals surface area contributed by atoms with E-state index in [-0.39, 0.29) is 30.7 Å². The number of carbonyl (C=O) groups is 3. The van der Waals surface area contributed by atoms with Crippen LogP contribution in [0.25, 0.3) is 0 Å². The van der Waals surface area contributed by atoms with E-state index in [0.29, 0.717) is 23.3 Å². The average molecular weight is 323 g/mol. The molecule has 0 saturated carbocycles. The number of ether oxygens (including phenoxy) is 1. The summed E-state index contributed by atoms with van der Waals surface area (Å²) in [5.74, 6) is 0.181. The summed E-state index contributed by atoms with van der Waals surface area (Å²) < 4.78 is 5.59. The standard InChI is InChI=1S/C19H17NO4/c1-13(21)12-14-6-8-15(9-7-14)24-11-10-20-18(22)16-4-2-3-5-17(16)19(20)23/h2-9H,10-12H2,1H3. The van der Waals surface area contributed by atoms with Gasteiger partial charge in [-0.3, -0.25) is 19.3 Å². The second-order valence-corrected chi connectivity index (χ2v) is 5.68. The minimum Gasteiger partial charge on any atom is -0.492 e. The predicted octanol–water partition coefficient (Wildman–Crippen LogP) is 2.49. The van der Waals surface area contributed by atoms with Crippen LogP contribution in [-0.4, -0.2) is 35.6 Å². The Hall–Kier alpha value is -2.95. The van der Waals surface area contributed by atoms with Crippen molar-refractivity contribution < 1.29 is 19.1 Å². The average Bonchev–Trinajstić information content (AvgIpc) is 2.81. The van der Waals surface area contributed by atoms with Crippen LogP contribution in [0.4, 0.5) is 0 Å². The van der Waals surface area contributed by atoms with E-state index in [1.807, 2.05) is 12.1 Å².